The fourth-order valence-corrected chi connectivity index (χ4v) is 2.71. The number of aromatic nitrogens is 3. The molecule has 1 aromatic carbocycles. The average molecular weight is 342 g/mol. The molecular weight excluding hydrogens is 326 g/mol. The zero-order valence-electron chi connectivity index (χ0n) is 13.0. The molecule has 6 nitrogen and oxygen atoms in total. The molecule has 2 aromatic rings. The molecule has 0 amide bonds. The van der Waals surface area contributed by atoms with E-state index in [2.05, 4.69) is 39.7 Å². The Kier molecular flexibility index (Phi) is 4.59. The number of allylic oxidation sites excluding steroid dienone is 6. The van der Waals surface area contributed by atoms with Crippen LogP contribution in [0, 0.1) is 6.92 Å². The SMILES string of the molecule is C1=CC2=CC=C1C2.Cc1nc(NN)nc(=O)n1-c1ccccc1Cl. The second-order valence-electron chi connectivity index (χ2n) is 5.30. The van der Waals surface area contributed by atoms with Crippen molar-refractivity contribution in [3.63, 3.8) is 0 Å². The number of nitrogens with one attached hydrogen (secondary N) is 1. The molecule has 0 saturated heterocycles. The lowest BCUT2D eigenvalue weighted by Gasteiger charge is -2.10. The van der Waals surface area contributed by atoms with Gasteiger partial charge in [0, 0.05) is 0 Å². The lowest BCUT2D eigenvalue weighted by Crippen LogP contribution is -2.27. The Balaban J connectivity index is 0.000000198. The monoisotopic (exact) mass is 341 g/mol. The number of halogens is 1. The van der Waals surface area contributed by atoms with Crippen molar-refractivity contribution in [2.24, 2.45) is 5.84 Å². The lowest BCUT2D eigenvalue weighted by atomic mass is 10.3. The van der Waals surface area contributed by atoms with Crippen molar-refractivity contribution in [1.82, 2.24) is 14.5 Å². The van der Waals surface area contributed by atoms with E-state index in [1.807, 2.05) is 0 Å². The maximum atomic E-state index is 11.8. The highest BCUT2D eigenvalue weighted by molar-refractivity contribution is 6.32. The third-order valence-electron chi connectivity index (χ3n) is 3.64. The van der Waals surface area contributed by atoms with Crippen molar-refractivity contribution in [2.45, 2.75) is 13.3 Å². The summed E-state index contributed by atoms with van der Waals surface area (Å²) in [7, 11) is 0. The van der Waals surface area contributed by atoms with Gasteiger partial charge in [-0.3, -0.25) is 5.43 Å². The van der Waals surface area contributed by atoms with Crippen molar-refractivity contribution < 1.29 is 0 Å². The lowest BCUT2D eigenvalue weighted by molar-refractivity contribution is 0.811. The third-order valence-corrected chi connectivity index (χ3v) is 3.96. The zero-order valence-corrected chi connectivity index (χ0v) is 13.8. The topological polar surface area (TPSA) is 85.8 Å². The average Bonchev–Trinajstić information content (AvgIpc) is 3.22. The molecular formula is C17H16ClN5O. The van der Waals surface area contributed by atoms with Crippen LogP contribution in [0.1, 0.15) is 12.2 Å². The molecule has 122 valence electrons. The number of hydrogen-bond donors (Lipinski definition) is 2. The molecule has 3 N–H and O–H groups in total. The van der Waals surface area contributed by atoms with Crippen LogP contribution in [-0.4, -0.2) is 14.5 Å². The summed E-state index contributed by atoms with van der Waals surface area (Å²) < 4.78 is 1.32. The first-order valence-electron chi connectivity index (χ1n) is 7.35. The predicted octanol–water partition coefficient (Wildman–Crippen LogP) is 2.69. The standard InChI is InChI=1S/C10H10ClN5O.C7H6/c1-6-13-9(15-12)14-10(17)16(6)8-5-3-2-4-7(8)11;1-2-7-4-3-6(1)5-7/h2-5H,12H2,1H3,(H,14,15,17);1-4H,5H2. The highest BCUT2D eigenvalue weighted by atomic mass is 35.5. The Morgan fingerprint density at radius 3 is 2.29 bits per heavy atom. The first kappa shape index (κ1) is 16.2. The summed E-state index contributed by atoms with van der Waals surface area (Å²) in [5, 5.41) is 0.453. The summed E-state index contributed by atoms with van der Waals surface area (Å²) in [6.45, 7) is 1.67. The van der Waals surface area contributed by atoms with Crippen LogP contribution in [-0.2, 0) is 0 Å². The number of nitrogen functional groups attached to an aromatic ring is 1. The Bertz CT molecular complexity index is 907. The second kappa shape index (κ2) is 6.82. The van der Waals surface area contributed by atoms with Gasteiger partial charge in [0.1, 0.15) is 5.82 Å². The smallest absolute Gasteiger partial charge is 0.292 e. The molecule has 7 heteroatoms. The highest BCUT2D eigenvalue weighted by Gasteiger charge is 2.10. The van der Waals surface area contributed by atoms with E-state index in [1.165, 1.54) is 22.1 Å². The zero-order chi connectivity index (χ0) is 17.1. The van der Waals surface area contributed by atoms with Crippen LogP contribution in [0.3, 0.4) is 0 Å². The van der Waals surface area contributed by atoms with Gasteiger partial charge >= 0.3 is 5.69 Å². The molecule has 4 rings (SSSR count). The minimum atomic E-state index is -0.487. The fourth-order valence-electron chi connectivity index (χ4n) is 2.49. The number of para-hydroxylation sites is 1. The van der Waals surface area contributed by atoms with Gasteiger partial charge in [-0.2, -0.15) is 9.97 Å². The number of anilines is 1. The molecule has 0 saturated carbocycles. The van der Waals surface area contributed by atoms with E-state index < -0.39 is 5.69 Å². The van der Waals surface area contributed by atoms with Gasteiger partial charge in [-0.15, -0.1) is 0 Å². The van der Waals surface area contributed by atoms with Gasteiger partial charge < -0.3 is 0 Å². The Hall–Kier alpha value is -2.70. The van der Waals surface area contributed by atoms with Gasteiger partial charge in [0.15, 0.2) is 0 Å². The van der Waals surface area contributed by atoms with Gasteiger partial charge in [-0.05, 0) is 36.6 Å². The molecule has 0 atom stereocenters. The Labute approximate surface area is 144 Å². The molecule has 0 unspecified atom stereocenters. The summed E-state index contributed by atoms with van der Waals surface area (Å²) in [6, 6.07) is 6.97. The van der Waals surface area contributed by atoms with Gasteiger partial charge in [-0.1, -0.05) is 48.0 Å². The molecule has 0 aliphatic heterocycles. The quantitative estimate of drug-likeness (QED) is 0.648. The molecule has 2 aliphatic rings. The molecule has 0 spiro atoms. The van der Waals surface area contributed by atoms with Crippen molar-refractivity contribution in [2.75, 3.05) is 5.43 Å². The Morgan fingerprint density at radius 2 is 1.83 bits per heavy atom. The molecule has 1 heterocycles. The van der Waals surface area contributed by atoms with Crippen LogP contribution < -0.4 is 17.0 Å². The largest absolute Gasteiger partial charge is 0.356 e. The molecule has 2 bridgehead atoms. The van der Waals surface area contributed by atoms with Crippen LogP contribution >= 0.6 is 11.6 Å². The fraction of sp³-hybridized carbons (Fsp3) is 0.118. The van der Waals surface area contributed by atoms with E-state index in [1.54, 1.807) is 31.2 Å². The van der Waals surface area contributed by atoms with E-state index in [0.717, 1.165) is 0 Å². The van der Waals surface area contributed by atoms with E-state index >= 15 is 0 Å². The first-order valence-corrected chi connectivity index (χ1v) is 7.73. The van der Waals surface area contributed by atoms with Crippen LogP contribution in [0.2, 0.25) is 5.02 Å². The normalized spacial score (nSPS) is 14.0. The van der Waals surface area contributed by atoms with E-state index in [9.17, 15) is 4.79 Å². The number of hydrazine groups is 1. The number of fused-ring (bicyclic) bond motifs is 2. The minimum Gasteiger partial charge on any atom is -0.292 e. The molecule has 0 radical (unpaired) electrons. The second-order valence-corrected chi connectivity index (χ2v) is 5.71. The van der Waals surface area contributed by atoms with Gasteiger partial charge in [-0.25, -0.2) is 15.2 Å². The summed E-state index contributed by atoms with van der Waals surface area (Å²) >= 11 is 6.02. The van der Waals surface area contributed by atoms with Crippen LogP contribution in [0.4, 0.5) is 5.95 Å². The van der Waals surface area contributed by atoms with Crippen LogP contribution in [0.15, 0.2) is 64.5 Å². The van der Waals surface area contributed by atoms with Gasteiger partial charge in [0.05, 0.1) is 10.7 Å². The van der Waals surface area contributed by atoms with Gasteiger partial charge in [0.25, 0.3) is 0 Å². The van der Waals surface area contributed by atoms with Crippen molar-refractivity contribution in [3.8, 4) is 5.69 Å². The molecule has 2 aliphatic carbocycles. The number of aryl methyl sites for hydroxylation is 1. The maximum absolute atomic E-state index is 11.8. The first-order chi connectivity index (χ1) is 11.6. The van der Waals surface area contributed by atoms with Gasteiger partial charge in [0.2, 0.25) is 5.95 Å². The van der Waals surface area contributed by atoms with Crippen LogP contribution in [0.25, 0.3) is 5.69 Å². The van der Waals surface area contributed by atoms with Crippen molar-refractivity contribution in [3.05, 3.63) is 81.0 Å². The van der Waals surface area contributed by atoms with Crippen molar-refractivity contribution >= 4 is 17.5 Å². The van der Waals surface area contributed by atoms with E-state index in [4.69, 9.17) is 17.4 Å². The number of benzene rings is 1. The predicted molar refractivity (Wildman–Crippen MR) is 95.1 cm³/mol. The molecule has 1 aromatic heterocycles. The number of nitrogens with two attached hydrogens (primary N) is 1. The minimum absolute atomic E-state index is 0.0794. The molecule has 24 heavy (non-hydrogen) atoms. The Morgan fingerprint density at radius 1 is 1.17 bits per heavy atom. The number of hydrogen-bond acceptors (Lipinski definition) is 5. The molecule has 0 fully saturated rings. The van der Waals surface area contributed by atoms with E-state index in [-0.39, 0.29) is 5.95 Å². The van der Waals surface area contributed by atoms with E-state index in [0.29, 0.717) is 16.5 Å². The van der Waals surface area contributed by atoms with Crippen LogP contribution in [0.5, 0.6) is 0 Å². The number of rotatable bonds is 2. The third kappa shape index (κ3) is 3.29. The van der Waals surface area contributed by atoms with Crippen molar-refractivity contribution in [1.29, 1.82) is 0 Å². The summed E-state index contributed by atoms with van der Waals surface area (Å²) in [5.41, 5.74) is 5.22. The summed E-state index contributed by atoms with van der Waals surface area (Å²) in [5.74, 6) is 5.69. The maximum Gasteiger partial charge on any atom is 0.356 e. The summed E-state index contributed by atoms with van der Waals surface area (Å²) in [4.78, 5) is 19.5. The summed E-state index contributed by atoms with van der Waals surface area (Å²) in [6.07, 6.45) is 9.90. The number of nitrogens with zero attached hydrogens (tertiary/aromatic N) is 3. The highest BCUT2D eigenvalue weighted by Crippen LogP contribution is 2.27.